The molecule has 0 radical (unpaired) electrons. The average Bonchev–Trinajstić information content (AvgIpc) is 3.51. The number of fused-ring (bicyclic) bond motifs is 12. The molecule has 0 spiro atoms. The van der Waals surface area contributed by atoms with Gasteiger partial charge < -0.3 is 9.13 Å². The Labute approximate surface area is 471 Å². The first-order valence-electron chi connectivity index (χ1n) is 28.0. The highest BCUT2D eigenvalue weighted by molar-refractivity contribution is 6.13. The fraction of sp³-hybridized carbons (Fsp3) is 0. The molecule has 0 aliphatic rings. The first-order valence-corrected chi connectivity index (χ1v) is 28.0. The SMILES string of the molecule is c1cc(-c2ccc(-n3c4ccccc4c4cc(-c5ccc(-c6cc(-c7ccc(-n8c9ccccc9c9ccccc98)cc7)nc(-n7c8ccccc8c8ccccc87)c6)cc5)ccc43)cc2)nc(-n2c3ccccc3c3ccccc32)c1. The summed E-state index contributed by atoms with van der Waals surface area (Å²) in [6.45, 7) is 0. The summed E-state index contributed by atoms with van der Waals surface area (Å²) in [6, 6.07) is 105. The summed E-state index contributed by atoms with van der Waals surface area (Å²) in [5.74, 6) is 1.77. The molecule has 6 nitrogen and oxygen atoms in total. The standard InChI is InChI=1S/C76H48N6/c1-8-24-67-57(16-1)58-17-2-9-25-68(58)79(67)55-43-38-52(39-44-55)66-47-54(48-76(78-66)82-72-29-13-5-20-61(72)62-21-6-14-30-73(62)82)50-34-32-49(33-35-50)53-40-45-74-64(46-53)63-22-7-10-26-69(63)80(74)56-41-36-51(37-42-56)65-23-15-31-75(77-65)81-70-27-11-3-18-59(70)60-19-4-12-28-71(60)81/h1-48H. The third kappa shape index (κ3) is 7.15. The molecule has 382 valence electrons. The van der Waals surface area contributed by atoms with Crippen LogP contribution in [0.25, 0.3) is 155 Å². The van der Waals surface area contributed by atoms with Crippen LogP contribution in [0.3, 0.4) is 0 Å². The van der Waals surface area contributed by atoms with Crippen molar-refractivity contribution in [1.29, 1.82) is 0 Å². The molecule has 17 rings (SSSR count). The molecule has 17 aromatic rings. The maximum atomic E-state index is 5.50. The number of hydrogen-bond donors (Lipinski definition) is 0. The van der Waals surface area contributed by atoms with E-state index in [0.717, 1.165) is 101 Å². The smallest absolute Gasteiger partial charge is 0.138 e. The monoisotopic (exact) mass is 1040 g/mol. The van der Waals surface area contributed by atoms with Gasteiger partial charge in [-0.25, -0.2) is 9.97 Å². The summed E-state index contributed by atoms with van der Waals surface area (Å²) in [5.41, 5.74) is 19.9. The van der Waals surface area contributed by atoms with Gasteiger partial charge in [0.15, 0.2) is 0 Å². The molecule has 0 fully saturated rings. The minimum atomic E-state index is 0.873. The summed E-state index contributed by atoms with van der Waals surface area (Å²) in [7, 11) is 0. The van der Waals surface area contributed by atoms with Gasteiger partial charge in [-0.05, 0) is 125 Å². The van der Waals surface area contributed by atoms with Crippen LogP contribution in [0, 0.1) is 0 Å². The van der Waals surface area contributed by atoms with Gasteiger partial charge in [0.2, 0.25) is 0 Å². The maximum Gasteiger partial charge on any atom is 0.138 e. The first kappa shape index (κ1) is 45.9. The van der Waals surface area contributed by atoms with Gasteiger partial charge in [0.25, 0.3) is 0 Å². The molecule has 0 atom stereocenters. The molecule has 0 aliphatic carbocycles. The number of nitrogens with zero attached hydrogens (tertiary/aromatic N) is 6. The van der Waals surface area contributed by atoms with Crippen LogP contribution < -0.4 is 0 Å². The van der Waals surface area contributed by atoms with Crippen molar-refractivity contribution < 1.29 is 0 Å². The second kappa shape index (κ2) is 18.2. The van der Waals surface area contributed by atoms with Gasteiger partial charge in [-0.3, -0.25) is 9.13 Å². The van der Waals surface area contributed by atoms with Crippen molar-refractivity contribution in [2.24, 2.45) is 0 Å². The van der Waals surface area contributed by atoms with Crippen LogP contribution in [0.1, 0.15) is 0 Å². The molecule has 0 amide bonds. The van der Waals surface area contributed by atoms with Gasteiger partial charge in [0.1, 0.15) is 11.6 Å². The fourth-order valence-corrected chi connectivity index (χ4v) is 13.0. The van der Waals surface area contributed by atoms with E-state index in [4.69, 9.17) is 9.97 Å². The van der Waals surface area contributed by atoms with E-state index in [-0.39, 0.29) is 0 Å². The molecular formula is C76H48N6. The first-order chi connectivity index (χ1) is 40.7. The zero-order chi connectivity index (χ0) is 53.8. The van der Waals surface area contributed by atoms with Crippen LogP contribution in [0.4, 0.5) is 0 Å². The van der Waals surface area contributed by atoms with Crippen LogP contribution >= 0.6 is 0 Å². The highest BCUT2D eigenvalue weighted by atomic mass is 15.1. The van der Waals surface area contributed by atoms with Crippen LogP contribution in [0.15, 0.2) is 291 Å². The molecule has 6 heterocycles. The Balaban J connectivity index is 0.726. The van der Waals surface area contributed by atoms with Crippen LogP contribution in [0.5, 0.6) is 0 Å². The highest BCUT2D eigenvalue weighted by Crippen LogP contribution is 2.40. The quantitative estimate of drug-likeness (QED) is 0.152. The van der Waals surface area contributed by atoms with Crippen molar-refractivity contribution >= 4 is 87.2 Å². The van der Waals surface area contributed by atoms with Gasteiger partial charge >= 0.3 is 0 Å². The molecule has 0 bridgehead atoms. The van der Waals surface area contributed by atoms with E-state index in [2.05, 4.69) is 309 Å². The zero-order valence-corrected chi connectivity index (χ0v) is 44.4. The Morgan fingerprint density at radius 3 is 0.963 bits per heavy atom. The Kier molecular flexibility index (Phi) is 10.2. The second-order valence-electron chi connectivity index (χ2n) is 21.3. The fourth-order valence-electron chi connectivity index (χ4n) is 13.0. The number of para-hydroxylation sites is 7. The molecule has 0 saturated heterocycles. The van der Waals surface area contributed by atoms with Gasteiger partial charge in [-0.15, -0.1) is 0 Å². The van der Waals surface area contributed by atoms with Crippen molar-refractivity contribution in [2.45, 2.75) is 0 Å². The molecule has 0 unspecified atom stereocenters. The minimum Gasteiger partial charge on any atom is -0.309 e. The van der Waals surface area contributed by atoms with Crippen molar-refractivity contribution in [1.82, 2.24) is 28.2 Å². The predicted octanol–water partition coefficient (Wildman–Crippen LogP) is 19.5. The molecule has 0 N–H and O–H groups in total. The lowest BCUT2D eigenvalue weighted by Gasteiger charge is -2.14. The molecular weight excluding hydrogens is 997 g/mol. The van der Waals surface area contributed by atoms with Gasteiger partial charge in [0, 0.05) is 65.6 Å². The average molecular weight is 1050 g/mol. The number of rotatable bonds is 8. The van der Waals surface area contributed by atoms with Crippen molar-refractivity contribution in [3.63, 3.8) is 0 Å². The number of pyridine rings is 2. The molecule has 0 aliphatic heterocycles. The van der Waals surface area contributed by atoms with Gasteiger partial charge in [-0.2, -0.15) is 0 Å². The number of benzene rings is 11. The summed E-state index contributed by atoms with van der Waals surface area (Å²) in [5, 5.41) is 9.78. The predicted molar refractivity (Wildman–Crippen MR) is 341 cm³/mol. The topological polar surface area (TPSA) is 45.5 Å². The third-order valence-electron chi connectivity index (χ3n) is 16.8. The molecule has 0 saturated carbocycles. The Hall–Kier alpha value is -11.1. The van der Waals surface area contributed by atoms with E-state index in [9.17, 15) is 0 Å². The Morgan fingerprint density at radius 1 is 0.183 bits per heavy atom. The number of hydrogen-bond acceptors (Lipinski definition) is 2. The summed E-state index contributed by atoms with van der Waals surface area (Å²) in [6.07, 6.45) is 0. The minimum absolute atomic E-state index is 0.873. The molecule has 82 heavy (non-hydrogen) atoms. The second-order valence-corrected chi connectivity index (χ2v) is 21.3. The Bertz CT molecular complexity index is 5220. The van der Waals surface area contributed by atoms with E-state index >= 15 is 0 Å². The van der Waals surface area contributed by atoms with Gasteiger partial charge in [0.05, 0.1) is 55.5 Å². The van der Waals surface area contributed by atoms with E-state index in [1.54, 1.807) is 0 Å². The van der Waals surface area contributed by atoms with Gasteiger partial charge in [-0.1, -0.05) is 188 Å². The largest absolute Gasteiger partial charge is 0.309 e. The lowest BCUT2D eigenvalue weighted by molar-refractivity contribution is 1.08. The summed E-state index contributed by atoms with van der Waals surface area (Å²) >= 11 is 0. The van der Waals surface area contributed by atoms with E-state index < -0.39 is 0 Å². The maximum absolute atomic E-state index is 5.50. The van der Waals surface area contributed by atoms with Crippen LogP contribution in [-0.4, -0.2) is 28.2 Å². The zero-order valence-electron chi connectivity index (χ0n) is 44.4. The molecule has 6 aromatic heterocycles. The lowest BCUT2D eigenvalue weighted by atomic mass is 9.98. The van der Waals surface area contributed by atoms with E-state index in [1.165, 1.54) is 54.1 Å². The normalized spacial score (nSPS) is 11.9. The summed E-state index contributed by atoms with van der Waals surface area (Å²) in [4.78, 5) is 10.8. The molecule has 6 heteroatoms. The van der Waals surface area contributed by atoms with Crippen LogP contribution in [-0.2, 0) is 0 Å². The summed E-state index contributed by atoms with van der Waals surface area (Å²) < 4.78 is 9.35. The van der Waals surface area contributed by atoms with Crippen molar-refractivity contribution in [3.05, 3.63) is 291 Å². The number of aromatic nitrogens is 6. The highest BCUT2D eigenvalue weighted by Gasteiger charge is 2.19. The van der Waals surface area contributed by atoms with E-state index in [1.807, 2.05) is 0 Å². The van der Waals surface area contributed by atoms with Crippen molar-refractivity contribution in [2.75, 3.05) is 0 Å². The lowest BCUT2D eigenvalue weighted by Crippen LogP contribution is -2.00. The molecule has 11 aromatic carbocycles. The third-order valence-corrected chi connectivity index (χ3v) is 16.8. The Morgan fingerprint density at radius 2 is 0.512 bits per heavy atom. The van der Waals surface area contributed by atoms with E-state index in [0.29, 0.717) is 0 Å². The van der Waals surface area contributed by atoms with Crippen LogP contribution in [0.2, 0.25) is 0 Å². The van der Waals surface area contributed by atoms with Crippen molar-refractivity contribution in [3.8, 4) is 67.8 Å².